The van der Waals surface area contributed by atoms with E-state index in [0.717, 1.165) is 50.6 Å². The first-order valence-corrected chi connectivity index (χ1v) is 12.1. The zero-order chi connectivity index (χ0) is 24.3. The smallest absolute Gasteiger partial charge is 0.410 e. The van der Waals surface area contributed by atoms with E-state index in [2.05, 4.69) is 44.0 Å². The van der Waals surface area contributed by atoms with Gasteiger partial charge in [-0.2, -0.15) is 0 Å². The maximum atomic E-state index is 12.7. The summed E-state index contributed by atoms with van der Waals surface area (Å²) in [6, 6.07) is 12.2. The fourth-order valence-corrected chi connectivity index (χ4v) is 4.12. The maximum Gasteiger partial charge on any atom is 0.410 e. The second-order valence-corrected chi connectivity index (χ2v) is 10.2. The number of H-pyrrole nitrogens is 1. The molecule has 3 aromatic rings. The van der Waals surface area contributed by atoms with Gasteiger partial charge in [-0.15, -0.1) is 12.3 Å². The van der Waals surface area contributed by atoms with Crippen LogP contribution in [0.5, 0.6) is 11.5 Å². The van der Waals surface area contributed by atoms with Crippen LogP contribution in [0.2, 0.25) is 0 Å². The van der Waals surface area contributed by atoms with Crippen LogP contribution in [0, 0.1) is 12.3 Å². The van der Waals surface area contributed by atoms with Crippen molar-refractivity contribution in [3.05, 3.63) is 63.9 Å². The largest absolute Gasteiger partial charge is 0.457 e. The molecule has 0 saturated heterocycles. The number of terminal acetylenes is 1. The highest BCUT2D eigenvalue weighted by Crippen LogP contribution is 2.39. The second-order valence-electron chi connectivity index (χ2n) is 9.32. The minimum absolute atomic E-state index is 0.364. The molecule has 6 nitrogen and oxygen atoms in total. The Morgan fingerprint density at radius 1 is 1.24 bits per heavy atom. The summed E-state index contributed by atoms with van der Waals surface area (Å²) in [4.78, 5) is 22.3. The van der Waals surface area contributed by atoms with Gasteiger partial charge >= 0.3 is 6.09 Å². The molecule has 1 N–H and O–H groups in total. The van der Waals surface area contributed by atoms with Gasteiger partial charge in [-0.3, -0.25) is 0 Å². The maximum absolute atomic E-state index is 12.7. The quantitative estimate of drug-likeness (QED) is 0.227. The van der Waals surface area contributed by atoms with Crippen LogP contribution in [0.25, 0.3) is 11.4 Å². The molecule has 0 atom stereocenters. The molecule has 2 heterocycles. The molecule has 7 heteroatoms. The van der Waals surface area contributed by atoms with Crippen LogP contribution in [0.3, 0.4) is 0 Å². The lowest BCUT2D eigenvalue weighted by molar-refractivity contribution is 0.0230. The fourth-order valence-electron chi connectivity index (χ4n) is 3.78. The summed E-state index contributed by atoms with van der Waals surface area (Å²) in [5.41, 5.74) is 3.47. The lowest BCUT2D eigenvalue weighted by atomic mass is 9.98. The second kappa shape index (κ2) is 9.94. The number of nitrogens with zero attached hydrogens (tertiary/aromatic N) is 2. The van der Waals surface area contributed by atoms with Crippen LogP contribution in [-0.4, -0.2) is 33.1 Å². The number of carbonyl (C=O) groups excluding carboxylic acids is 1. The monoisotopic (exact) mass is 521 g/mol. The van der Waals surface area contributed by atoms with E-state index in [1.807, 2.05) is 45.0 Å². The predicted octanol–water partition coefficient (Wildman–Crippen LogP) is 6.69. The number of nitrogens with one attached hydrogen (secondary N) is 1. The first-order chi connectivity index (χ1) is 16.2. The van der Waals surface area contributed by atoms with Crippen LogP contribution in [0.15, 0.2) is 47.1 Å². The summed E-state index contributed by atoms with van der Waals surface area (Å²) in [6.07, 6.45) is 8.88. The van der Waals surface area contributed by atoms with Gasteiger partial charge in [0.25, 0.3) is 0 Å². The first-order valence-electron chi connectivity index (χ1n) is 11.3. The Kier molecular flexibility index (Phi) is 6.99. The highest BCUT2D eigenvalue weighted by molar-refractivity contribution is 9.10. The van der Waals surface area contributed by atoms with Gasteiger partial charge in [-0.25, -0.2) is 9.78 Å². The van der Waals surface area contributed by atoms with E-state index in [1.54, 1.807) is 11.1 Å². The van der Waals surface area contributed by atoms with Gasteiger partial charge in [0, 0.05) is 35.0 Å². The van der Waals surface area contributed by atoms with Crippen molar-refractivity contribution < 1.29 is 14.3 Å². The molecule has 2 aromatic carbocycles. The number of amides is 1. The Morgan fingerprint density at radius 2 is 2.06 bits per heavy atom. The minimum Gasteiger partial charge on any atom is -0.457 e. The van der Waals surface area contributed by atoms with Crippen molar-refractivity contribution in [1.82, 2.24) is 14.9 Å². The van der Waals surface area contributed by atoms with E-state index in [-0.39, 0.29) is 6.09 Å². The number of hydrogen-bond donors (Lipinski definition) is 1. The average molecular weight is 522 g/mol. The number of hydrogen-bond acceptors (Lipinski definition) is 4. The molecular formula is C27H28BrN3O3. The number of aromatic amines is 1. The first kappa shape index (κ1) is 23.9. The predicted molar refractivity (Wildman–Crippen MR) is 136 cm³/mol. The normalized spacial score (nSPS) is 12.2. The summed E-state index contributed by atoms with van der Waals surface area (Å²) < 4.78 is 12.7. The number of carbonyl (C=O) groups is 1. The zero-order valence-corrected chi connectivity index (χ0v) is 21.2. The Bertz CT molecular complexity index is 1240. The molecule has 0 saturated carbocycles. The summed E-state index contributed by atoms with van der Waals surface area (Å²) >= 11 is 3.50. The van der Waals surface area contributed by atoms with Gasteiger partial charge < -0.3 is 19.4 Å². The lowest BCUT2D eigenvalue weighted by Gasteiger charge is -2.27. The number of halogens is 1. The SMILES string of the molecule is C#CCCCN(Cc1cnc(-c2ccc3c(c2)Cc2ccc(Br)cc2O3)[nH]1)C(=O)OC(C)(C)C. The molecule has 1 amide bonds. The van der Waals surface area contributed by atoms with Crippen molar-refractivity contribution in [2.24, 2.45) is 0 Å². The van der Waals surface area contributed by atoms with Crippen LogP contribution < -0.4 is 4.74 Å². The topological polar surface area (TPSA) is 67.5 Å². The molecule has 1 aliphatic heterocycles. The van der Waals surface area contributed by atoms with Crippen LogP contribution in [-0.2, 0) is 17.7 Å². The molecule has 176 valence electrons. The van der Waals surface area contributed by atoms with Crippen LogP contribution >= 0.6 is 15.9 Å². The molecule has 0 aliphatic carbocycles. The number of ether oxygens (including phenoxy) is 2. The Labute approximate surface area is 208 Å². The van der Waals surface area contributed by atoms with Crippen molar-refractivity contribution in [3.63, 3.8) is 0 Å². The molecule has 34 heavy (non-hydrogen) atoms. The molecular weight excluding hydrogens is 494 g/mol. The highest BCUT2D eigenvalue weighted by Gasteiger charge is 2.23. The number of imidazole rings is 1. The zero-order valence-electron chi connectivity index (χ0n) is 19.7. The highest BCUT2D eigenvalue weighted by atomic mass is 79.9. The molecule has 0 bridgehead atoms. The van der Waals surface area contributed by atoms with E-state index in [4.69, 9.17) is 15.9 Å². The number of aromatic nitrogens is 2. The number of rotatable bonds is 6. The van der Waals surface area contributed by atoms with E-state index >= 15 is 0 Å². The Hall–Kier alpha value is -3.24. The average Bonchev–Trinajstić information content (AvgIpc) is 3.24. The Morgan fingerprint density at radius 3 is 2.82 bits per heavy atom. The van der Waals surface area contributed by atoms with Gasteiger partial charge in [-0.05, 0) is 63.1 Å². The van der Waals surface area contributed by atoms with Crippen molar-refractivity contribution in [3.8, 4) is 35.2 Å². The van der Waals surface area contributed by atoms with Gasteiger partial charge in [0.1, 0.15) is 22.9 Å². The van der Waals surface area contributed by atoms with Gasteiger partial charge in [0.05, 0.1) is 18.4 Å². The molecule has 0 fully saturated rings. The molecule has 1 aromatic heterocycles. The van der Waals surface area contributed by atoms with E-state index in [0.29, 0.717) is 25.9 Å². The summed E-state index contributed by atoms with van der Waals surface area (Å²) in [7, 11) is 0. The van der Waals surface area contributed by atoms with E-state index in [9.17, 15) is 4.79 Å². The fraction of sp³-hybridized carbons (Fsp3) is 0.333. The third kappa shape index (κ3) is 5.81. The minimum atomic E-state index is -0.569. The lowest BCUT2D eigenvalue weighted by Crippen LogP contribution is -2.37. The van der Waals surface area contributed by atoms with Crippen molar-refractivity contribution in [2.45, 2.75) is 52.2 Å². The number of benzene rings is 2. The summed E-state index contributed by atoms with van der Waals surface area (Å²) in [5, 5.41) is 0. The molecule has 1 aliphatic rings. The summed E-state index contributed by atoms with van der Waals surface area (Å²) in [6.45, 7) is 6.45. The van der Waals surface area contributed by atoms with Gasteiger partial charge in [-0.1, -0.05) is 22.0 Å². The molecule has 0 unspecified atom stereocenters. The Balaban J connectivity index is 1.50. The molecule has 0 radical (unpaired) electrons. The van der Waals surface area contributed by atoms with Gasteiger partial charge in [0.15, 0.2) is 0 Å². The number of unbranched alkanes of at least 4 members (excludes halogenated alkanes) is 1. The summed E-state index contributed by atoms with van der Waals surface area (Å²) in [5.74, 6) is 5.09. The third-order valence-corrected chi connectivity index (χ3v) is 5.85. The van der Waals surface area contributed by atoms with Crippen molar-refractivity contribution >= 4 is 22.0 Å². The van der Waals surface area contributed by atoms with Crippen LogP contribution in [0.1, 0.15) is 50.4 Å². The molecule has 4 rings (SSSR count). The number of fused-ring (bicyclic) bond motifs is 2. The van der Waals surface area contributed by atoms with E-state index in [1.165, 1.54) is 0 Å². The van der Waals surface area contributed by atoms with E-state index < -0.39 is 5.60 Å². The van der Waals surface area contributed by atoms with Crippen molar-refractivity contribution in [1.29, 1.82) is 0 Å². The standard InChI is InChI=1S/C27H28BrN3O3/c1-5-6-7-12-31(26(32)34-27(2,3)4)17-22-16-29-25(30-22)19-9-11-23-20(14-19)13-18-8-10-21(28)15-24(18)33-23/h1,8-11,14-16H,6-7,12-13,17H2,2-4H3,(H,29,30). The van der Waals surface area contributed by atoms with Crippen molar-refractivity contribution in [2.75, 3.05) is 6.54 Å². The third-order valence-electron chi connectivity index (χ3n) is 5.35. The van der Waals surface area contributed by atoms with Gasteiger partial charge in [0.2, 0.25) is 0 Å². The van der Waals surface area contributed by atoms with Crippen LogP contribution in [0.4, 0.5) is 4.79 Å². The molecule has 0 spiro atoms.